The molecule has 0 aromatic carbocycles. The molecule has 2 unspecified atom stereocenters. The van der Waals surface area contributed by atoms with Crippen molar-refractivity contribution in [2.24, 2.45) is 0 Å². The third-order valence-electron chi connectivity index (χ3n) is 2.27. The van der Waals surface area contributed by atoms with Crippen LogP contribution in [-0.4, -0.2) is 34.5 Å². The zero-order chi connectivity index (χ0) is 11.9. The standard InChI is InChI=1S/C9H18O2.C2H4O2/c1-3-4-8-7-9(2,10)5-6-11-8;1-2(3)4/h8,10H,3-7H2,1-2H3;1H3,(H,3,4). The van der Waals surface area contributed by atoms with Crippen LogP contribution in [0.3, 0.4) is 0 Å². The fourth-order valence-corrected chi connectivity index (χ4v) is 1.60. The summed E-state index contributed by atoms with van der Waals surface area (Å²) in [6.07, 6.45) is 4.11. The fraction of sp³-hybridized carbons (Fsp3) is 0.909. The topological polar surface area (TPSA) is 66.8 Å². The molecule has 0 saturated carbocycles. The Kier molecular flexibility index (Phi) is 6.52. The molecule has 4 nitrogen and oxygen atoms in total. The molecule has 0 bridgehead atoms. The molecule has 1 fully saturated rings. The summed E-state index contributed by atoms with van der Waals surface area (Å²) < 4.78 is 5.49. The van der Waals surface area contributed by atoms with Crippen LogP contribution in [0, 0.1) is 0 Å². The largest absolute Gasteiger partial charge is 0.481 e. The third kappa shape index (κ3) is 8.39. The van der Waals surface area contributed by atoms with Gasteiger partial charge in [-0.3, -0.25) is 4.79 Å². The van der Waals surface area contributed by atoms with Crippen molar-refractivity contribution in [2.45, 2.75) is 58.2 Å². The lowest BCUT2D eigenvalue weighted by atomic mass is 9.91. The minimum Gasteiger partial charge on any atom is -0.481 e. The van der Waals surface area contributed by atoms with E-state index in [1.54, 1.807) is 0 Å². The van der Waals surface area contributed by atoms with Gasteiger partial charge in [-0.1, -0.05) is 13.3 Å². The zero-order valence-electron chi connectivity index (χ0n) is 9.82. The monoisotopic (exact) mass is 218 g/mol. The Labute approximate surface area is 91.3 Å². The van der Waals surface area contributed by atoms with E-state index in [0.29, 0.717) is 6.10 Å². The summed E-state index contributed by atoms with van der Waals surface area (Å²) >= 11 is 0. The number of rotatable bonds is 2. The summed E-state index contributed by atoms with van der Waals surface area (Å²) in [6, 6.07) is 0. The highest BCUT2D eigenvalue weighted by atomic mass is 16.5. The molecule has 15 heavy (non-hydrogen) atoms. The minimum atomic E-state index is -0.833. The smallest absolute Gasteiger partial charge is 0.300 e. The normalized spacial score (nSPS) is 30.3. The first-order valence-corrected chi connectivity index (χ1v) is 5.41. The highest BCUT2D eigenvalue weighted by Gasteiger charge is 2.29. The molecule has 0 aromatic rings. The van der Waals surface area contributed by atoms with Crippen LogP contribution < -0.4 is 0 Å². The molecule has 0 amide bonds. The van der Waals surface area contributed by atoms with Gasteiger partial charge >= 0.3 is 0 Å². The maximum atomic E-state index is 9.69. The Bertz CT molecular complexity index is 183. The van der Waals surface area contributed by atoms with E-state index in [0.717, 1.165) is 39.2 Å². The predicted octanol–water partition coefficient (Wildman–Crippen LogP) is 1.81. The quantitative estimate of drug-likeness (QED) is 0.741. The molecule has 0 aliphatic carbocycles. The van der Waals surface area contributed by atoms with Crippen LogP contribution in [0.25, 0.3) is 0 Å². The zero-order valence-corrected chi connectivity index (χ0v) is 9.82. The van der Waals surface area contributed by atoms with Gasteiger partial charge < -0.3 is 14.9 Å². The molecular weight excluding hydrogens is 196 g/mol. The van der Waals surface area contributed by atoms with Gasteiger partial charge in [-0.15, -0.1) is 0 Å². The summed E-state index contributed by atoms with van der Waals surface area (Å²) in [5.41, 5.74) is -0.474. The molecule has 2 N–H and O–H groups in total. The van der Waals surface area contributed by atoms with Gasteiger partial charge in [-0.25, -0.2) is 0 Å². The number of hydrogen-bond acceptors (Lipinski definition) is 3. The molecule has 1 saturated heterocycles. The van der Waals surface area contributed by atoms with Crippen LogP contribution in [0.15, 0.2) is 0 Å². The Hall–Kier alpha value is -0.610. The first-order chi connectivity index (χ1) is 6.87. The van der Waals surface area contributed by atoms with Crippen LogP contribution in [0.1, 0.15) is 46.5 Å². The average molecular weight is 218 g/mol. The van der Waals surface area contributed by atoms with Crippen LogP contribution in [0.5, 0.6) is 0 Å². The second-order valence-electron chi connectivity index (χ2n) is 4.25. The van der Waals surface area contributed by atoms with Gasteiger partial charge in [0.25, 0.3) is 5.97 Å². The van der Waals surface area contributed by atoms with Crippen LogP contribution >= 0.6 is 0 Å². The van der Waals surface area contributed by atoms with Crippen LogP contribution in [0.4, 0.5) is 0 Å². The van der Waals surface area contributed by atoms with Crippen molar-refractivity contribution < 1.29 is 19.7 Å². The van der Waals surface area contributed by atoms with Gasteiger partial charge in [0.2, 0.25) is 0 Å². The van der Waals surface area contributed by atoms with Crippen molar-refractivity contribution >= 4 is 5.97 Å². The van der Waals surface area contributed by atoms with Crippen molar-refractivity contribution in [3.63, 3.8) is 0 Å². The molecular formula is C11H22O4. The van der Waals surface area contributed by atoms with E-state index in [1.165, 1.54) is 0 Å². The first kappa shape index (κ1) is 14.4. The van der Waals surface area contributed by atoms with E-state index in [4.69, 9.17) is 14.6 Å². The fourth-order valence-electron chi connectivity index (χ4n) is 1.60. The Morgan fingerprint density at radius 2 is 2.13 bits per heavy atom. The second-order valence-corrected chi connectivity index (χ2v) is 4.25. The van der Waals surface area contributed by atoms with Gasteiger partial charge in [0.05, 0.1) is 11.7 Å². The predicted molar refractivity (Wildman–Crippen MR) is 57.8 cm³/mol. The Morgan fingerprint density at radius 1 is 1.60 bits per heavy atom. The lowest BCUT2D eigenvalue weighted by Crippen LogP contribution is -2.38. The van der Waals surface area contributed by atoms with Crippen molar-refractivity contribution in [2.75, 3.05) is 6.61 Å². The number of carboxylic acid groups (broad SMARTS) is 1. The van der Waals surface area contributed by atoms with E-state index >= 15 is 0 Å². The lowest BCUT2D eigenvalue weighted by molar-refractivity contribution is -0.134. The molecule has 1 aliphatic heterocycles. The number of aliphatic carboxylic acids is 1. The van der Waals surface area contributed by atoms with Crippen molar-refractivity contribution in [1.29, 1.82) is 0 Å². The summed E-state index contributed by atoms with van der Waals surface area (Å²) in [5, 5.41) is 17.1. The highest BCUT2D eigenvalue weighted by Crippen LogP contribution is 2.26. The second kappa shape index (κ2) is 6.80. The molecule has 4 heteroatoms. The Balaban J connectivity index is 0.000000423. The Morgan fingerprint density at radius 3 is 2.53 bits per heavy atom. The SMILES string of the molecule is CC(=O)O.CCCC1CC(C)(O)CCO1. The summed E-state index contributed by atoms with van der Waals surface area (Å²) in [5.74, 6) is -0.833. The maximum Gasteiger partial charge on any atom is 0.300 e. The molecule has 1 heterocycles. The van der Waals surface area contributed by atoms with E-state index in [9.17, 15) is 5.11 Å². The molecule has 1 rings (SSSR count). The number of aliphatic hydroxyl groups is 1. The molecule has 1 aliphatic rings. The van der Waals surface area contributed by atoms with Crippen molar-refractivity contribution in [3.8, 4) is 0 Å². The number of hydrogen-bond donors (Lipinski definition) is 2. The summed E-state index contributed by atoms with van der Waals surface area (Å²) in [7, 11) is 0. The van der Waals surface area contributed by atoms with Crippen molar-refractivity contribution in [1.82, 2.24) is 0 Å². The number of ether oxygens (including phenoxy) is 1. The third-order valence-corrected chi connectivity index (χ3v) is 2.27. The number of carboxylic acids is 1. The van der Waals surface area contributed by atoms with E-state index in [2.05, 4.69) is 6.92 Å². The van der Waals surface area contributed by atoms with Crippen LogP contribution in [-0.2, 0) is 9.53 Å². The van der Waals surface area contributed by atoms with Gasteiger partial charge in [0.1, 0.15) is 0 Å². The molecule has 0 aromatic heterocycles. The molecule has 0 radical (unpaired) electrons. The average Bonchev–Trinajstić information content (AvgIpc) is 2.01. The lowest BCUT2D eigenvalue weighted by Gasteiger charge is -2.33. The van der Waals surface area contributed by atoms with Gasteiger partial charge in [0.15, 0.2) is 0 Å². The molecule has 90 valence electrons. The summed E-state index contributed by atoms with van der Waals surface area (Å²) in [6.45, 7) is 5.85. The van der Waals surface area contributed by atoms with E-state index in [1.807, 2.05) is 6.92 Å². The maximum absolute atomic E-state index is 9.69. The summed E-state index contributed by atoms with van der Waals surface area (Å²) in [4.78, 5) is 9.00. The van der Waals surface area contributed by atoms with E-state index < -0.39 is 11.6 Å². The highest BCUT2D eigenvalue weighted by molar-refractivity contribution is 5.62. The van der Waals surface area contributed by atoms with Crippen LogP contribution in [0.2, 0.25) is 0 Å². The van der Waals surface area contributed by atoms with E-state index in [-0.39, 0.29) is 0 Å². The minimum absolute atomic E-state index is 0.295. The molecule has 2 atom stereocenters. The first-order valence-electron chi connectivity index (χ1n) is 5.41. The van der Waals surface area contributed by atoms with Gasteiger partial charge in [0, 0.05) is 20.0 Å². The number of carbonyl (C=O) groups is 1. The van der Waals surface area contributed by atoms with Gasteiger partial charge in [-0.2, -0.15) is 0 Å². The van der Waals surface area contributed by atoms with Gasteiger partial charge in [-0.05, 0) is 19.8 Å². The van der Waals surface area contributed by atoms with Crippen molar-refractivity contribution in [3.05, 3.63) is 0 Å². The molecule has 0 spiro atoms.